The molecule has 1 aliphatic carbocycles. The molecule has 33 heavy (non-hydrogen) atoms. The lowest BCUT2D eigenvalue weighted by Crippen LogP contribution is -2.25. The van der Waals surface area contributed by atoms with Crippen molar-refractivity contribution in [1.82, 2.24) is 9.36 Å². The minimum Gasteiger partial charge on any atom is -0.320 e. The van der Waals surface area contributed by atoms with Crippen molar-refractivity contribution < 1.29 is 4.79 Å². The molecule has 0 radical (unpaired) electrons. The SMILES string of the molecule is Cc1cccc(Cl)c1NC(=O)c1ccc2c(c1)c(=O)n(-c1ccccc1)n2C1CCCCC1. The van der Waals surface area contributed by atoms with Crippen LogP contribution in [0, 0.1) is 6.92 Å². The number of halogens is 1. The van der Waals surface area contributed by atoms with Gasteiger partial charge in [-0.3, -0.25) is 14.3 Å². The topological polar surface area (TPSA) is 56.0 Å². The number of amides is 1. The van der Waals surface area contributed by atoms with E-state index in [0.717, 1.165) is 42.5 Å². The predicted octanol–water partition coefficient (Wildman–Crippen LogP) is 6.51. The Labute approximate surface area is 197 Å². The van der Waals surface area contributed by atoms with Gasteiger partial charge >= 0.3 is 0 Å². The van der Waals surface area contributed by atoms with E-state index in [1.165, 1.54) is 6.42 Å². The standard InChI is InChI=1S/C27H26ClN3O2/c1-18-9-8-14-23(28)25(18)29-26(32)19-15-16-24-22(17-19)27(33)31(21-12-6-3-7-13-21)30(24)20-10-4-2-5-11-20/h3,6-9,12-17,20H,2,4-5,10-11H2,1H3,(H,29,32). The largest absolute Gasteiger partial charge is 0.320 e. The van der Waals surface area contributed by atoms with E-state index in [1.54, 1.807) is 22.9 Å². The number of hydrogen-bond acceptors (Lipinski definition) is 2. The van der Waals surface area contributed by atoms with Crippen LogP contribution in [0.25, 0.3) is 16.6 Å². The summed E-state index contributed by atoms with van der Waals surface area (Å²) in [5.41, 5.74) is 3.49. The molecule has 1 heterocycles. The molecule has 6 heteroatoms. The second-order valence-electron chi connectivity index (χ2n) is 8.71. The molecule has 4 aromatic rings. The maximum Gasteiger partial charge on any atom is 0.279 e. The fourth-order valence-corrected chi connectivity index (χ4v) is 5.11. The molecule has 1 fully saturated rings. The van der Waals surface area contributed by atoms with Crippen LogP contribution in [0.5, 0.6) is 0 Å². The van der Waals surface area contributed by atoms with E-state index < -0.39 is 0 Å². The zero-order chi connectivity index (χ0) is 22.9. The summed E-state index contributed by atoms with van der Waals surface area (Å²) in [6, 6.07) is 20.9. The Hall–Kier alpha value is -3.31. The summed E-state index contributed by atoms with van der Waals surface area (Å²) < 4.78 is 3.92. The van der Waals surface area contributed by atoms with Gasteiger partial charge in [-0.25, -0.2) is 4.68 Å². The van der Waals surface area contributed by atoms with E-state index >= 15 is 0 Å². The Kier molecular flexibility index (Phi) is 5.81. The molecule has 0 saturated heterocycles. The number of rotatable bonds is 4. The van der Waals surface area contributed by atoms with Crippen molar-refractivity contribution in [3.8, 4) is 5.69 Å². The first-order valence-corrected chi connectivity index (χ1v) is 11.8. The Balaban J connectivity index is 1.62. The number of carbonyl (C=O) groups excluding carboxylic acids is 1. The second-order valence-corrected chi connectivity index (χ2v) is 9.11. The number of para-hydroxylation sites is 2. The van der Waals surface area contributed by atoms with E-state index in [4.69, 9.17) is 11.6 Å². The number of aryl methyl sites for hydroxylation is 1. The molecular weight excluding hydrogens is 434 g/mol. The molecule has 0 aliphatic heterocycles. The Morgan fingerprint density at radius 1 is 0.970 bits per heavy atom. The van der Waals surface area contributed by atoms with Crippen molar-refractivity contribution in [2.75, 3.05) is 5.32 Å². The lowest BCUT2D eigenvalue weighted by molar-refractivity contribution is 0.102. The van der Waals surface area contributed by atoms with Gasteiger partial charge in [-0.05, 0) is 61.7 Å². The summed E-state index contributed by atoms with van der Waals surface area (Å²) in [7, 11) is 0. The number of benzene rings is 3. The minimum absolute atomic E-state index is 0.106. The highest BCUT2D eigenvalue weighted by Gasteiger charge is 2.24. The quantitative estimate of drug-likeness (QED) is 0.378. The predicted molar refractivity (Wildman–Crippen MR) is 134 cm³/mol. The lowest BCUT2D eigenvalue weighted by Gasteiger charge is -2.26. The molecule has 1 saturated carbocycles. The summed E-state index contributed by atoms with van der Waals surface area (Å²) in [5.74, 6) is -0.288. The molecule has 1 aromatic heterocycles. The molecule has 0 spiro atoms. The summed E-state index contributed by atoms with van der Waals surface area (Å²) in [5, 5.41) is 3.94. The molecule has 0 atom stereocenters. The highest BCUT2D eigenvalue weighted by Crippen LogP contribution is 2.32. The van der Waals surface area contributed by atoms with Gasteiger partial charge in [0.15, 0.2) is 0 Å². The van der Waals surface area contributed by atoms with Crippen LogP contribution in [0.1, 0.15) is 54.1 Å². The highest BCUT2D eigenvalue weighted by atomic mass is 35.5. The molecule has 5 rings (SSSR count). The van der Waals surface area contributed by atoms with Gasteiger partial charge in [0.25, 0.3) is 11.5 Å². The normalized spacial score (nSPS) is 14.5. The summed E-state index contributed by atoms with van der Waals surface area (Å²) in [6.07, 6.45) is 5.64. The van der Waals surface area contributed by atoms with Gasteiger partial charge < -0.3 is 5.32 Å². The number of hydrogen-bond donors (Lipinski definition) is 1. The number of nitrogens with zero attached hydrogens (tertiary/aromatic N) is 2. The molecule has 0 unspecified atom stereocenters. The van der Waals surface area contributed by atoms with E-state index in [9.17, 15) is 9.59 Å². The number of nitrogens with one attached hydrogen (secondary N) is 1. The molecule has 0 bridgehead atoms. The fraction of sp³-hybridized carbons (Fsp3) is 0.259. The first-order valence-electron chi connectivity index (χ1n) is 11.4. The molecule has 168 valence electrons. The molecular formula is C27H26ClN3O2. The minimum atomic E-state index is -0.288. The molecule has 3 aromatic carbocycles. The first-order chi connectivity index (χ1) is 16.0. The van der Waals surface area contributed by atoms with Crippen molar-refractivity contribution in [2.45, 2.75) is 45.1 Å². The van der Waals surface area contributed by atoms with Crippen LogP contribution in [0.15, 0.2) is 71.5 Å². The van der Waals surface area contributed by atoms with Crippen molar-refractivity contribution >= 4 is 34.1 Å². The van der Waals surface area contributed by atoms with Crippen molar-refractivity contribution in [2.24, 2.45) is 0 Å². The van der Waals surface area contributed by atoms with Gasteiger partial charge in [-0.1, -0.05) is 61.2 Å². The smallest absolute Gasteiger partial charge is 0.279 e. The van der Waals surface area contributed by atoms with Gasteiger partial charge in [0.2, 0.25) is 0 Å². The number of anilines is 1. The van der Waals surface area contributed by atoms with E-state index in [2.05, 4.69) is 10.00 Å². The molecule has 1 amide bonds. The Morgan fingerprint density at radius 3 is 2.45 bits per heavy atom. The zero-order valence-corrected chi connectivity index (χ0v) is 19.3. The van der Waals surface area contributed by atoms with Crippen molar-refractivity contribution in [3.05, 3.63) is 93.2 Å². The van der Waals surface area contributed by atoms with E-state index in [0.29, 0.717) is 21.7 Å². The summed E-state index contributed by atoms with van der Waals surface area (Å²) in [6.45, 7) is 1.90. The lowest BCUT2D eigenvalue weighted by atomic mass is 9.95. The van der Waals surface area contributed by atoms with Crippen LogP contribution >= 0.6 is 11.6 Å². The van der Waals surface area contributed by atoms with Crippen LogP contribution < -0.4 is 10.9 Å². The van der Waals surface area contributed by atoms with Gasteiger partial charge in [0, 0.05) is 5.56 Å². The number of carbonyl (C=O) groups is 1. The average Bonchev–Trinajstić information content (AvgIpc) is 3.14. The van der Waals surface area contributed by atoms with Gasteiger partial charge in [-0.2, -0.15) is 0 Å². The summed E-state index contributed by atoms with van der Waals surface area (Å²) >= 11 is 6.29. The Morgan fingerprint density at radius 2 is 1.73 bits per heavy atom. The highest BCUT2D eigenvalue weighted by molar-refractivity contribution is 6.34. The van der Waals surface area contributed by atoms with Crippen LogP contribution in [-0.4, -0.2) is 15.3 Å². The number of fused-ring (bicyclic) bond motifs is 1. The maximum atomic E-state index is 13.6. The zero-order valence-electron chi connectivity index (χ0n) is 18.6. The van der Waals surface area contributed by atoms with Gasteiger partial charge in [0.1, 0.15) is 0 Å². The summed E-state index contributed by atoms with van der Waals surface area (Å²) in [4.78, 5) is 26.7. The third-order valence-electron chi connectivity index (χ3n) is 6.53. The monoisotopic (exact) mass is 459 g/mol. The Bertz CT molecular complexity index is 1360. The molecule has 1 aliphatic rings. The third-order valence-corrected chi connectivity index (χ3v) is 6.84. The first kappa shape index (κ1) is 21.5. The fourth-order valence-electron chi connectivity index (χ4n) is 4.84. The van der Waals surface area contributed by atoms with Crippen LogP contribution in [0.2, 0.25) is 5.02 Å². The number of aromatic nitrogens is 2. The average molecular weight is 460 g/mol. The van der Waals surface area contributed by atoms with Crippen LogP contribution in [0.3, 0.4) is 0 Å². The van der Waals surface area contributed by atoms with Gasteiger partial charge in [-0.15, -0.1) is 0 Å². The maximum absolute atomic E-state index is 13.6. The van der Waals surface area contributed by atoms with Crippen LogP contribution in [-0.2, 0) is 0 Å². The van der Waals surface area contributed by atoms with E-state index in [-0.39, 0.29) is 17.5 Å². The van der Waals surface area contributed by atoms with Crippen LogP contribution in [0.4, 0.5) is 5.69 Å². The second kappa shape index (κ2) is 8.91. The van der Waals surface area contributed by atoms with Crippen molar-refractivity contribution in [1.29, 1.82) is 0 Å². The molecule has 5 nitrogen and oxygen atoms in total. The van der Waals surface area contributed by atoms with Crippen molar-refractivity contribution in [3.63, 3.8) is 0 Å². The third kappa shape index (κ3) is 3.98. The van der Waals surface area contributed by atoms with E-state index in [1.807, 2.05) is 55.5 Å². The van der Waals surface area contributed by atoms with Gasteiger partial charge in [0.05, 0.1) is 33.3 Å². The molecule has 1 N–H and O–H groups in total.